The highest BCUT2D eigenvalue weighted by Crippen LogP contribution is 2.25. The second-order valence-corrected chi connectivity index (χ2v) is 5.52. The van der Waals surface area contributed by atoms with Gasteiger partial charge in [-0.05, 0) is 22.4 Å². The molecule has 0 aliphatic rings. The molecule has 2 rings (SSSR count). The number of aromatic nitrogens is 2. The van der Waals surface area contributed by atoms with Crippen molar-refractivity contribution < 1.29 is 13.0 Å². The van der Waals surface area contributed by atoms with Gasteiger partial charge in [0.25, 0.3) is 0 Å². The zero-order valence-corrected chi connectivity index (χ0v) is 9.52. The number of nitrogens with two attached hydrogens (primary N) is 1. The van der Waals surface area contributed by atoms with Crippen LogP contribution in [0.2, 0.25) is 0 Å². The molecule has 0 bridgehead atoms. The summed E-state index contributed by atoms with van der Waals surface area (Å²) in [6.07, 6.45) is 0. The van der Waals surface area contributed by atoms with E-state index in [-0.39, 0.29) is 15.9 Å². The summed E-state index contributed by atoms with van der Waals surface area (Å²) < 4.78 is 29.4. The lowest BCUT2D eigenvalue weighted by Crippen LogP contribution is -2.22. The van der Waals surface area contributed by atoms with Gasteiger partial charge in [0.2, 0.25) is 10.0 Å². The normalized spacial score (nSPS) is 12.4. The second kappa shape index (κ2) is 3.42. The molecular weight excluding hydrogens is 232 g/mol. The van der Waals surface area contributed by atoms with Crippen LogP contribution in [0.15, 0.2) is 21.7 Å². The van der Waals surface area contributed by atoms with Crippen LogP contribution in [0.3, 0.4) is 0 Å². The SMILES string of the molecule is CN(C)S(=O)(=O)c1ccc(N)c2nonc12. The third kappa shape index (κ3) is 1.42. The predicted molar refractivity (Wildman–Crippen MR) is 57.1 cm³/mol. The van der Waals surface area contributed by atoms with E-state index < -0.39 is 10.0 Å². The molecule has 0 fully saturated rings. The molecule has 0 aliphatic heterocycles. The van der Waals surface area contributed by atoms with Crippen LogP contribution in [0, 0.1) is 0 Å². The summed E-state index contributed by atoms with van der Waals surface area (Å²) in [5.41, 5.74) is 6.35. The lowest BCUT2D eigenvalue weighted by molar-refractivity contribution is 0.315. The number of rotatable bonds is 2. The van der Waals surface area contributed by atoms with Crippen molar-refractivity contribution in [2.24, 2.45) is 0 Å². The highest BCUT2D eigenvalue weighted by molar-refractivity contribution is 7.89. The largest absolute Gasteiger partial charge is 0.397 e. The predicted octanol–water partition coefficient (Wildman–Crippen LogP) is 0.0553. The average molecular weight is 242 g/mol. The Bertz CT molecular complexity index is 632. The van der Waals surface area contributed by atoms with Gasteiger partial charge in [-0.15, -0.1) is 0 Å². The van der Waals surface area contributed by atoms with Crippen LogP contribution < -0.4 is 5.73 Å². The van der Waals surface area contributed by atoms with Crippen molar-refractivity contribution in [3.63, 3.8) is 0 Å². The minimum atomic E-state index is -3.57. The lowest BCUT2D eigenvalue weighted by Gasteiger charge is -2.11. The van der Waals surface area contributed by atoms with Crippen molar-refractivity contribution in [2.75, 3.05) is 19.8 Å². The molecule has 0 unspecified atom stereocenters. The van der Waals surface area contributed by atoms with E-state index in [2.05, 4.69) is 14.9 Å². The molecule has 8 heteroatoms. The molecule has 1 aromatic heterocycles. The van der Waals surface area contributed by atoms with Crippen LogP contribution in [0.25, 0.3) is 11.0 Å². The third-order valence-corrected chi connectivity index (χ3v) is 4.01. The molecule has 1 aromatic carbocycles. The van der Waals surface area contributed by atoms with Crippen LogP contribution in [0.4, 0.5) is 5.69 Å². The fourth-order valence-corrected chi connectivity index (χ4v) is 2.28. The number of fused-ring (bicyclic) bond motifs is 1. The van der Waals surface area contributed by atoms with E-state index in [0.29, 0.717) is 5.69 Å². The van der Waals surface area contributed by atoms with Crippen molar-refractivity contribution in [3.8, 4) is 0 Å². The van der Waals surface area contributed by atoms with Gasteiger partial charge in [-0.1, -0.05) is 0 Å². The average Bonchev–Trinajstić information content (AvgIpc) is 2.66. The molecule has 16 heavy (non-hydrogen) atoms. The standard InChI is InChI=1S/C8H10N4O3S/c1-12(2)16(13,14)6-4-3-5(9)7-8(6)11-15-10-7/h3-4H,9H2,1-2H3. The highest BCUT2D eigenvalue weighted by atomic mass is 32.2. The van der Waals surface area contributed by atoms with Crippen molar-refractivity contribution in [1.29, 1.82) is 0 Å². The molecule has 86 valence electrons. The molecule has 2 aromatic rings. The Morgan fingerprint density at radius 2 is 1.88 bits per heavy atom. The van der Waals surface area contributed by atoms with E-state index >= 15 is 0 Å². The molecule has 0 saturated carbocycles. The summed E-state index contributed by atoms with van der Waals surface area (Å²) in [7, 11) is -0.704. The number of hydrogen-bond donors (Lipinski definition) is 1. The number of benzene rings is 1. The van der Waals surface area contributed by atoms with E-state index in [1.54, 1.807) is 0 Å². The van der Waals surface area contributed by atoms with E-state index in [0.717, 1.165) is 4.31 Å². The van der Waals surface area contributed by atoms with Gasteiger partial charge in [0.15, 0.2) is 11.0 Å². The highest BCUT2D eigenvalue weighted by Gasteiger charge is 2.23. The summed E-state index contributed by atoms with van der Waals surface area (Å²) in [6, 6.07) is 2.85. The maximum atomic E-state index is 11.9. The monoisotopic (exact) mass is 242 g/mol. The maximum absolute atomic E-state index is 11.9. The molecule has 2 N–H and O–H groups in total. The topological polar surface area (TPSA) is 102 Å². The molecule has 7 nitrogen and oxygen atoms in total. The number of sulfonamides is 1. The van der Waals surface area contributed by atoms with E-state index in [4.69, 9.17) is 5.73 Å². The van der Waals surface area contributed by atoms with Crippen molar-refractivity contribution in [3.05, 3.63) is 12.1 Å². The van der Waals surface area contributed by atoms with Gasteiger partial charge < -0.3 is 5.73 Å². The maximum Gasteiger partial charge on any atom is 0.244 e. The van der Waals surface area contributed by atoms with Crippen molar-refractivity contribution >= 4 is 26.7 Å². The first-order chi connectivity index (χ1) is 7.44. The van der Waals surface area contributed by atoms with Crippen LogP contribution in [-0.4, -0.2) is 37.1 Å². The quantitative estimate of drug-likeness (QED) is 0.747. The molecular formula is C8H10N4O3S. The molecule has 0 saturated heterocycles. The summed E-state index contributed by atoms with van der Waals surface area (Å²) in [6.45, 7) is 0. The lowest BCUT2D eigenvalue weighted by atomic mass is 10.3. The van der Waals surface area contributed by atoms with Crippen molar-refractivity contribution in [1.82, 2.24) is 14.6 Å². The van der Waals surface area contributed by atoms with Crippen LogP contribution >= 0.6 is 0 Å². The first-order valence-corrected chi connectivity index (χ1v) is 5.82. The Hall–Kier alpha value is -1.67. The smallest absolute Gasteiger partial charge is 0.244 e. The van der Waals surface area contributed by atoms with Gasteiger partial charge in [-0.2, -0.15) is 0 Å². The first-order valence-electron chi connectivity index (χ1n) is 4.38. The minimum Gasteiger partial charge on any atom is -0.397 e. The number of hydrogen-bond acceptors (Lipinski definition) is 6. The first kappa shape index (κ1) is 10.8. The van der Waals surface area contributed by atoms with Gasteiger partial charge in [0.05, 0.1) is 5.69 Å². The fourth-order valence-electron chi connectivity index (χ4n) is 1.27. The Morgan fingerprint density at radius 3 is 2.50 bits per heavy atom. The van der Waals surface area contributed by atoms with Crippen LogP contribution in [-0.2, 0) is 10.0 Å². The van der Waals surface area contributed by atoms with Gasteiger partial charge >= 0.3 is 0 Å². The summed E-state index contributed by atoms with van der Waals surface area (Å²) in [4.78, 5) is 0.0305. The van der Waals surface area contributed by atoms with E-state index in [9.17, 15) is 8.42 Å². The van der Waals surface area contributed by atoms with E-state index in [1.165, 1.54) is 26.2 Å². The zero-order chi connectivity index (χ0) is 11.9. The second-order valence-electron chi connectivity index (χ2n) is 3.40. The summed E-state index contributed by atoms with van der Waals surface area (Å²) in [5, 5.41) is 7.11. The van der Waals surface area contributed by atoms with Gasteiger partial charge in [0.1, 0.15) is 4.90 Å². The molecule has 0 amide bonds. The Balaban J connectivity index is 2.81. The molecule has 0 spiro atoms. The number of anilines is 1. The Labute approximate surface area is 91.8 Å². The van der Waals surface area contributed by atoms with Gasteiger partial charge in [0, 0.05) is 14.1 Å². The molecule has 1 heterocycles. The third-order valence-electron chi connectivity index (χ3n) is 2.17. The Morgan fingerprint density at radius 1 is 1.25 bits per heavy atom. The van der Waals surface area contributed by atoms with Crippen LogP contribution in [0.5, 0.6) is 0 Å². The van der Waals surface area contributed by atoms with Gasteiger partial charge in [-0.3, -0.25) is 0 Å². The minimum absolute atomic E-state index is 0.0305. The molecule has 0 radical (unpaired) electrons. The number of nitrogen functional groups attached to an aromatic ring is 1. The fraction of sp³-hybridized carbons (Fsp3) is 0.250. The van der Waals surface area contributed by atoms with Gasteiger partial charge in [-0.25, -0.2) is 17.4 Å². The number of nitrogens with zero attached hydrogens (tertiary/aromatic N) is 3. The van der Waals surface area contributed by atoms with E-state index in [1.807, 2.05) is 0 Å². The molecule has 0 aliphatic carbocycles. The zero-order valence-electron chi connectivity index (χ0n) is 8.71. The summed E-state index contributed by atoms with van der Waals surface area (Å²) in [5.74, 6) is 0. The Kier molecular flexibility index (Phi) is 2.32. The summed E-state index contributed by atoms with van der Waals surface area (Å²) >= 11 is 0. The molecule has 0 atom stereocenters. The van der Waals surface area contributed by atoms with Crippen molar-refractivity contribution in [2.45, 2.75) is 4.90 Å². The van der Waals surface area contributed by atoms with Crippen LogP contribution in [0.1, 0.15) is 0 Å².